The van der Waals surface area contributed by atoms with E-state index in [0.717, 1.165) is 42.5 Å². The predicted octanol–water partition coefficient (Wildman–Crippen LogP) is 2.30. The van der Waals surface area contributed by atoms with Crippen molar-refractivity contribution in [1.82, 2.24) is 24.7 Å². The van der Waals surface area contributed by atoms with E-state index < -0.39 is 0 Å². The third-order valence-corrected chi connectivity index (χ3v) is 5.33. The van der Waals surface area contributed by atoms with E-state index in [1.54, 1.807) is 15.9 Å². The number of likely N-dealkylation sites (tertiary alicyclic amines) is 1. The summed E-state index contributed by atoms with van der Waals surface area (Å²) in [4.78, 5) is 17.3. The molecule has 0 radical (unpaired) electrons. The molecular weight excluding hydrogens is 336 g/mol. The molecule has 3 aromatic rings. The van der Waals surface area contributed by atoms with Crippen LogP contribution in [0, 0.1) is 0 Å². The standard InChI is InChI=1S/C17H20N6OS/c1-21(12-16(24)22-9-3-2-4-10-22)15-8-7-14-18-19-17(23(14)20-15)13-6-5-11-25-13/h5-8,11H,2-4,9-10,12H2,1H3. The number of hydrogen-bond donors (Lipinski definition) is 0. The van der Waals surface area contributed by atoms with Gasteiger partial charge in [0.1, 0.15) is 5.82 Å². The Morgan fingerprint density at radius 2 is 2.04 bits per heavy atom. The minimum absolute atomic E-state index is 0.159. The van der Waals surface area contributed by atoms with E-state index in [4.69, 9.17) is 0 Å². The summed E-state index contributed by atoms with van der Waals surface area (Å²) < 4.78 is 1.74. The van der Waals surface area contributed by atoms with Gasteiger partial charge in [0.05, 0.1) is 11.4 Å². The molecule has 130 valence electrons. The Hall–Kier alpha value is -2.48. The number of thiophene rings is 1. The fourth-order valence-corrected chi connectivity index (χ4v) is 3.76. The third kappa shape index (κ3) is 3.21. The quantitative estimate of drug-likeness (QED) is 0.718. The zero-order chi connectivity index (χ0) is 17.2. The summed E-state index contributed by atoms with van der Waals surface area (Å²) in [5.74, 6) is 1.62. The number of carbonyl (C=O) groups is 1. The number of carbonyl (C=O) groups excluding carboxylic acids is 1. The minimum atomic E-state index is 0.159. The summed E-state index contributed by atoms with van der Waals surface area (Å²) in [7, 11) is 1.89. The summed E-state index contributed by atoms with van der Waals surface area (Å²) in [5, 5.41) is 15.1. The molecule has 1 fully saturated rings. The van der Waals surface area contributed by atoms with Gasteiger partial charge in [0.25, 0.3) is 0 Å². The van der Waals surface area contributed by atoms with Gasteiger partial charge in [-0.2, -0.15) is 4.52 Å². The first kappa shape index (κ1) is 16.0. The molecule has 25 heavy (non-hydrogen) atoms. The zero-order valence-corrected chi connectivity index (χ0v) is 14.9. The molecular formula is C17H20N6OS. The highest BCUT2D eigenvalue weighted by Crippen LogP contribution is 2.23. The van der Waals surface area contributed by atoms with Crippen LogP contribution < -0.4 is 4.90 Å². The number of piperidine rings is 1. The second kappa shape index (κ2) is 6.79. The molecule has 4 heterocycles. The van der Waals surface area contributed by atoms with Crippen molar-refractivity contribution in [3.8, 4) is 10.7 Å². The predicted molar refractivity (Wildman–Crippen MR) is 97.8 cm³/mol. The van der Waals surface area contributed by atoms with Crippen LogP contribution in [0.1, 0.15) is 19.3 Å². The van der Waals surface area contributed by atoms with E-state index in [0.29, 0.717) is 12.2 Å². The largest absolute Gasteiger partial charge is 0.349 e. The van der Waals surface area contributed by atoms with Crippen molar-refractivity contribution in [3.05, 3.63) is 29.6 Å². The highest BCUT2D eigenvalue weighted by Gasteiger charge is 2.19. The Kier molecular flexibility index (Phi) is 4.35. The first-order valence-electron chi connectivity index (χ1n) is 8.47. The summed E-state index contributed by atoms with van der Waals surface area (Å²) in [5.41, 5.74) is 0.697. The van der Waals surface area contributed by atoms with E-state index in [1.807, 2.05) is 46.5 Å². The van der Waals surface area contributed by atoms with Gasteiger partial charge in [-0.1, -0.05) is 6.07 Å². The lowest BCUT2D eigenvalue weighted by molar-refractivity contribution is -0.130. The summed E-state index contributed by atoms with van der Waals surface area (Å²) in [6.45, 7) is 2.06. The molecule has 1 saturated heterocycles. The maximum Gasteiger partial charge on any atom is 0.242 e. The van der Waals surface area contributed by atoms with Crippen molar-refractivity contribution in [2.45, 2.75) is 19.3 Å². The van der Waals surface area contributed by atoms with Gasteiger partial charge in [-0.3, -0.25) is 4.79 Å². The van der Waals surface area contributed by atoms with Crippen LogP contribution in [0.15, 0.2) is 29.6 Å². The molecule has 4 rings (SSSR count). The molecule has 0 saturated carbocycles. The summed E-state index contributed by atoms with van der Waals surface area (Å²) >= 11 is 1.60. The number of anilines is 1. The van der Waals surface area contributed by atoms with Crippen LogP contribution in [0.25, 0.3) is 16.3 Å². The van der Waals surface area contributed by atoms with Crippen LogP contribution in [-0.2, 0) is 4.79 Å². The Bertz CT molecular complexity index is 869. The number of nitrogens with zero attached hydrogens (tertiary/aromatic N) is 6. The second-order valence-electron chi connectivity index (χ2n) is 6.26. The highest BCUT2D eigenvalue weighted by molar-refractivity contribution is 7.13. The average Bonchev–Trinajstić information content (AvgIpc) is 3.31. The Balaban J connectivity index is 1.56. The lowest BCUT2D eigenvalue weighted by atomic mass is 10.1. The van der Waals surface area contributed by atoms with Gasteiger partial charge < -0.3 is 9.80 Å². The van der Waals surface area contributed by atoms with Crippen molar-refractivity contribution in [3.63, 3.8) is 0 Å². The fraction of sp³-hybridized carbons (Fsp3) is 0.412. The van der Waals surface area contributed by atoms with E-state index in [-0.39, 0.29) is 5.91 Å². The Morgan fingerprint density at radius 3 is 2.80 bits per heavy atom. The number of likely N-dealkylation sites (N-methyl/N-ethyl adjacent to an activating group) is 1. The van der Waals surface area contributed by atoms with Gasteiger partial charge in [0.15, 0.2) is 11.5 Å². The lowest BCUT2D eigenvalue weighted by Gasteiger charge is -2.28. The second-order valence-corrected chi connectivity index (χ2v) is 7.21. The maximum atomic E-state index is 12.5. The van der Waals surface area contributed by atoms with E-state index in [1.165, 1.54) is 6.42 Å². The van der Waals surface area contributed by atoms with Crippen LogP contribution in [0.5, 0.6) is 0 Å². The minimum Gasteiger partial charge on any atom is -0.349 e. The van der Waals surface area contributed by atoms with Crippen LogP contribution >= 0.6 is 11.3 Å². The van der Waals surface area contributed by atoms with E-state index >= 15 is 0 Å². The van der Waals surface area contributed by atoms with Gasteiger partial charge in [-0.25, -0.2) is 0 Å². The first-order chi connectivity index (χ1) is 12.2. The first-order valence-corrected chi connectivity index (χ1v) is 9.35. The summed E-state index contributed by atoms with van der Waals surface area (Å²) in [6, 6.07) is 7.74. The zero-order valence-electron chi connectivity index (χ0n) is 14.1. The lowest BCUT2D eigenvalue weighted by Crippen LogP contribution is -2.42. The number of aromatic nitrogens is 4. The molecule has 0 N–H and O–H groups in total. The van der Waals surface area contributed by atoms with Gasteiger partial charge in [0, 0.05) is 20.1 Å². The topological polar surface area (TPSA) is 66.6 Å². The molecule has 0 aliphatic carbocycles. The molecule has 8 heteroatoms. The van der Waals surface area contributed by atoms with Gasteiger partial charge in [0.2, 0.25) is 5.91 Å². The molecule has 0 aromatic carbocycles. The molecule has 1 aliphatic heterocycles. The molecule has 1 amide bonds. The molecule has 0 spiro atoms. The van der Waals surface area contributed by atoms with E-state index in [9.17, 15) is 4.79 Å². The van der Waals surface area contributed by atoms with Crippen LogP contribution in [0.3, 0.4) is 0 Å². The van der Waals surface area contributed by atoms with Crippen LogP contribution in [0.4, 0.5) is 5.82 Å². The van der Waals surface area contributed by atoms with Gasteiger partial charge in [-0.15, -0.1) is 26.6 Å². The van der Waals surface area contributed by atoms with E-state index in [2.05, 4.69) is 15.3 Å². The SMILES string of the molecule is CN(CC(=O)N1CCCCC1)c1ccc2nnc(-c3cccs3)n2n1. The monoisotopic (exact) mass is 356 g/mol. The van der Waals surface area contributed by atoms with Gasteiger partial charge in [-0.05, 0) is 42.8 Å². The number of rotatable bonds is 4. The molecule has 0 unspecified atom stereocenters. The number of amides is 1. The normalized spacial score (nSPS) is 14.8. The molecule has 1 aliphatic rings. The van der Waals surface area contributed by atoms with Crippen molar-refractivity contribution in [2.24, 2.45) is 0 Å². The highest BCUT2D eigenvalue weighted by atomic mass is 32.1. The van der Waals surface area contributed by atoms with Crippen molar-refractivity contribution < 1.29 is 4.79 Å². The molecule has 0 atom stereocenters. The number of hydrogen-bond acceptors (Lipinski definition) is 6. The van der Waals surface area contributed by atoms with Crippen molar-refractivity contribution >= 4 is 28.7 Å². The molecule has 0 bridgehead atoms. The average molecular weight is 356 g/mol. The van der Waals surface area contributed by atoms with Gasteiger partial charge >= 0.3 is 0 Å². The Labute approximate surface area is 149 Å². The number of fused-ring (bicyclic) bond motifs is 1. The Morgan fingerprint density at radius 1 is 1.20 bits per heavy atom. The molecule has 3 aromatic heterocycles. The summed E-state index contributed by atoms with van der Waals surface area (Å²) in [6.07, 6.45) is 3.42. The van der Waals surface area contributed by atoms with Crippen molar-refractivity contribution in [2.75, 3.05) is 31.6 Å². The maximum absolute atomic E-state index is 12.5. The molecule has 7 nitrogen and oxygen atoms in total. The fourth-order valence-electron chi connectivity index (χ4n) is 3.07. The van der Waals surface area contributed by atoms with Crippen LogP contribution in [-0.4, -0.2) is 57.3 Å². The third-order valence-electron chi connectivity index (χ3n) is 4.46. The smallest absolute Gasteiger partial charge is 0.242 e. The van der Waals surface area contributed by atoms with Crippen molar-refractivity contribution in [1.29, 1.82) is 0 Å². The van der Waals surface area contributed by atoms with Crippen LogP contribution in [0.2, 0.25) is 0 Å².